The van der Waals surface area contributed by atoms with Gasteiger partial charge in [0.15, 0.2) is 5.13 Å². The van der Waals surface area contributed by atoms with E-state index in [0.717, 1.165) is 11.7 Å². The summed E-state index contributed by atoms with van der Waals surface area (Å²) in [7, 11) is 0. The fourth-order valence-electron chi connectivity index (χ4n) is 1.81. The minimum Gasteiger partial charge on any atom is -0.423 e. The Kier molecular flexibility index (Phi) is 5.12. The second-order valence-electron chi connectivity index (χ2n) is 5.29. The maximum Gasteiger partial charge on any atom is 0.263 e. The molecule has 2 aromatic heterocycles. The molecule has 0 bridgehead atoms. The summed E-state index contributed by atoms with van der Waals surface area (Å²) in [5, 5.41) is 14.7. The number of carbonyl (C=O) groups is 1. The Morgan fingerprint density at radius 1 is 1.27 bits per heavy atom. The van der Waals surface area contributed by atoms with Crippen molar-refractivity contribution in [1.29, 1.82) is 0 Å². The highest BCUT2D eigenvalue weighted by Crippen LogP contribution is 2.23. The minimum atomic E-state index is -0.350. The summed E-state index contributed by atoms with van der Waals surface area (Å²) in [4.78, 5) is 17.3. The van der Waals surface area contributed by atoms with Crippen LogP contribution in [0.15, 0.2) is 4.42 Å². The lowest BCUT2D eigenvalue weighted by molar-refractivity contribution is 0.0937. The van der Waals surface area contributed by atoms with Crippen molar-refractivity contribution in [2.75, 3.05) is 11.9 Å². The molecule has 7 nitrogen and oxygen atoms in total. The third kappa shape index (κ3) is 3.62. The van der Waals surface area contributed by atoms with E-state index in [1.165, 1.54) is 11.3 Å². The zero-order chi connectivity index (χ0) is 16.3. The van der Waals surface area contributed by atoms with E-state index in [1.807, 2.05) is 34.6 Å². The van der Waals surface area contributed by atoms with Crippen LogP contribution in [0.1, 0.15) is 66.8 Å². The first kappa shape index (κ1) is 16.4. The molecular formula is C14H21N5O2S. The molecule has 0 radical (unpaired) electrons. The number of aryl methyl sites for hydroxylation is 1. The van der Waals surface area contributed by atoms with E-state index < -0.39 is 0 Å². The molecule has 0 saturated heterocycles. The average molecular weight is 323 g/mol. The molecule has 1 atom stereocenters. The lowest BCUT2D eigenvalue weighted by Gasteiger charge is -2.09. The molecule has 2 N–H and O–H groups in total. The number of nitrogens with one attached hydrogen (secondary N) is 2. The molecule has 0 aromatic carbocycles. The molecule has 0 fully saturated rings. The average Bonchev–Trinajstić information content (AvgIpc) is 3.06. The molecular weight excluding hydrogens is 302 g/mol. The standard InChI is InChI=1S/C14H21N5O2S/c1-6-15-14-17-8(4)10(22-14)11(20)16-9(5)13-19-18-12(21-13)7(2)3/h7,9H,6H2,1-5H3,(H,15,17)(H,16,20). The van der Waals surface area contributed by atoms with Gasteiger partial charge in [0.2, 0.25) is 11.8 Å². The molecule has 0 aliphatic carbocycles. The van der Waals surface area contributed by atoms with Gasteiger partial charge in [-0.1, -0.05) is 25.2 Å². The lowest BCUT2D eigenvalue weighted by Crippen LogP contribution is -2.26. The first-order chi connectivity index (χ1) is 10.4. The number of hydrogen-bond donors (Lipinski definition) is 2. The molecule has 1 unspecified atom stereocenters. The Balaban J connectivity index is 2.07. The fourth-order valence-corrected chi connectivity index (χ4v) is 2.75. The zero-order valence-corrected chi connectivity index (χ0v) is 14.2. The highest BCUT2D eigenvalue weighted by Gasteiger charge is 2.21. The maximum atomic E-state index is 12.3. The Labute approximate surface area is 133 Å². The first-order valence-corrected chi connectivity index (χ1v) is 8.09. The number of rotatable bonds is 6. The molecule has 0 spiro atoms. The molecule has 1 amide bonds. The molecule has 120 valence electrons. The SMILES string of the molecule is CCNc1nc(C)c(C(=O)NC(C)c2nnc(C(C)C)o2)s1. The van der Waals surface area contributed by atoms with Gasteiger partial charge in [-0.25, -0.2) is 4.98 Å². The number of anilines is 1. The fraction of sp³-hybridized carbons (Fsp3) is 0.571. The van der Waals surface area contributed by atoms with Gasteiger partial charge in [0, 0.05) is 12.5 Å². The van der Waals surface area contributed by atoms with Gasteiger partial charge in [-0.05, 0) is 20.8 Å². The van der Waals surface area contributed by atoms with Gasteiger partial charge < -0.3 is 15.1 Å². The zero-order valence-electron chi connectivity index (χ0n) is 13.4. The summed E-state index contributed by atoms with van der Waals surface area (Å²) < 4.78 is 5.56. The normalized spacial score (nSPS) is 12.5. The Morgan fingerprint density at radius 2 is 1.95 bits per heavy atom. The largest absolute Gasteiger partial charge is 0.423 e. The van der Waals surface area contributed by atoms with E-state index in [-0.39, 0.29) is 17.9 Å². The number of thiazole rings is 1. The van der Waals surface area contributed by atoms with Crippen LogP contribution in [0, 0.1) is 6.92 Å². The van der Waals surface area contributed by atoms with Crippen LogP contribution < -0.4 is 10.6 Å². The van der Waals surface area contributed by atoms with E-state index in [1.54, 1.807) is 0 Å². The van der Waals surface area contributed by atoms with Gasteiger partial charge in [-0.15, -0.1) is 10.2 Å². The van der Waals surface area contributed by atoms with Gasteiger partial charge in [-0.2, -0.15) is 0 Å². The van der Waals surface area contributed by atoms with Gasteiger partial charge in [-0.3, -0.25) is 4.79 Å². The molecule has 0 saturated carbocycles. The first-order valence-electron chi connectivity index (χ1n) is 7.27. The Hall–Kier alpha value is -1.96. The highest BCUT2D eigenvalue weighted by atomic mass is 32.1. The van der Waals surface area contributed by atoms with E-state index in [4.69, 9.17) is 4.42 Å². The van der Waals surface area contributed by atoms with E-state index in [2.05, 4.69) is 25.8 Å². The summed E-state index contributed by atoms with van der Waals surface area (Å²) in [6.45, 7) is 10.3. The molecule has 2 rings (SSSR count). The molecule has 0 aliphatic rings. The van der Waals surface area contributed by atoms with Crippen LogP contribution in [0.3, 0.4) is 0 Å². The van der Waals surface area contributed by atoms with Crippen molar-refractivity contribution >= 4 is 22.4 Å². The van der Waals surface area contributed by atoms with E-state index >= 15 is 0 Å². The van der Waals surface area contributed by atoms with Crippen LogP contribution >= 0.6 is 11.3 Å². The van der Waals surface area contributed by atoms with Gasteiger partial charge in [0.1, 0.15) is 10.9 Å². The van der Waals surface area contributed by atoms with Crippen LogP contribution in [0.2, 0.25) is 0 Å². The van der Waals surface area contributed by atoms with Gasteiger partial charge in [0.05, 0.1) is 5.69 Å². The minimum absolute atomic E-state index is 0.163. The highest BCUT2D eigenvalue weighted by molar-refractivity contribution is 7.17. The van der Waals surface area contributed by atoms with Crippen LogP contribution in [0.25, 0.3) is 0 Å². The lowest BCUT2D eigenvalue weighted by atomic mass is 10.2. The second-order valence-corrected chi connectivity index (χ2v) is 6.29. The summed E-state index contributed by atoms with van der Waals surface area (Å²) in [6, 6.07) is -0.350. The predicted octanol–water partition coefficient (Wildman–Crippen LogP) is 2.88. The topological polar surface area (TPSA) is 92.9 Å². The number of carbonyl (C=O) groups excluding carboxylic acids is 1. The summed E-state index contributed by atoms with van der Waals surface area (Å²) in [6.07, 6.45) is 0. The van der Waals surface area contributed by atoms with Crippen molar-refractivity contribution in [2.45, 2.75) is 46.6 Å². The Bertz CT molecular complexity index is 649. The quantitative estimate of drug-likeness (QED) is 0.849. The van der Waals surface area contributed by atoms with Gasteiger partial charge in [0.25, 0.3) is 5.91 Å². The third-order valence-electron chi connectivity index (χ3n) is 3.00. The van der Waals surface area contributed by atoms with Crippen LogP contribution in [0.4, 0.5) is 5.13 Å². The van der Waals surface area contributed by atoms with Crippen molar-refractivity contribution < 1.29 is 9.21 Å². The number of aromatic nitrogens is 3. The summed E-state index contributed by atoms with van der Waals surface area (Å²) >= 11 is 1.34. The van der Waals surface area contributed by atoms with Crippen molar-refractivity contribution in [3.05, 3.63) is 22.4 Å². The number of hydrogen-bond acceptors (Lipinski definition) is 7. The molecule has 0 aliphatic heterocycles. The monoisotopic (exact) mass is 323 g/mol. The van der Waals surface area contributed by atoms with Crippen LogP contribution in [0.5, 0.6) is 0 Å². The predicted molar refractivity (Wildman–Crippen MR) is 85.3 cm³/mol. The summed E-state index contributed by atoms with van der Waals surface area (Å²) in [5.74, 6) is 0.956. The van der Waals surface area contributed by atoms with Crippen LogP contribution in [-0.2, 0) is 0 Å². The van der Waals surface area contributed by atoms with Crippen LogP contribution in [-0.4, -0.2) is 27.6 Å². The van der Waals surface area contributed by atoms with E-state index in [9.17, 15) is 4.79 Å². The van der Waals surface area contributed by atoms with Crippen molar-refractivity contribution in [3.8, 4) is 0 Å². The van der Waals surface area contributed by atoms with E-state index in [0.29, 0.717) is 22.4 Å². The molecule has 2 heterocycles. The van der Waals surface area contributed by atoms with Crippen molar-refractivity contribution in [2.24, 2.45) is 0 Å². The van der Waals surface area contributed by atoms with Crippen molar-refractivity contribution in [1.82, 2.24) is 20.5 Å². The molecule has 2 aromatic rings. The second kappa shape index (κ2) is 6.87. The summed E-state index contributed by atoms with van der Waals surface area (Å²) in [5.41, 5.74) is 0.707. The molecule has 22 heavy (non-hydrogen) atoms. The molecule has 8 heteroatoms. The Morgan fingerprint density at radius 3 is 2.55 bits per heavy atom. The third-order valence-corrected chi connectivity index (χ3v) is 4.11. The smallest absolute Gasteiger partial charge is 0.263 e. The maximum absolute atomic E-state index is 12.3. The number of amides is 1. The van der Waals surface area contributed by atoms with Crippen molar-refractivity contribution in [3.63, 3.8) is 0 Å². The van der Waals surface area contributed by atoms with Gasteiger partial charge >= 0.3 is 0 Å². The number of nitrogens with zero attached hydrogens (tertiary/aromatic N) is 3.